The van der Waals surface area contributed by atoms with Crippen LogP contribution in [0.1, 0.15) is 54.7 Å². The summed E-state index contributed by atoms with van der Waals surface area (Å²) in [5, 5.41) is 14.4. The number of hydrogen-bond acceptors (Lipinski definition) is 12. The van der Waals surface area contributed by atoms with E-state index in [1.807, 2.05) is 6.92 Å². The summed E-state index contributed by atoms with van der Waals surface area (Å²) < 4.78 is 51.4. The summed E-state index contributed by atoms with van der Waals surface area (Å²) in [7, 11) is 0. The molecule has 0 radical (unpaired) electrons. The van der Waals surface area contributed by atoms with Crippen LogP contribution in [0.4, 0.5) is 24.8 Å². The quantitative estimate of drug-likeness (QED) is 0.103. The first-order chi connectivity index (χ1) is 25.6. The van der Waals surface area contributed by atoms with E-state index >= 15 is 0 Å². The third kappa shape index (κ3) is 10.7. The Bertz CT molecular complexity index is 2060. The summed E-state index contributed by atoms with van der Waals surface area (Å²) in [4.78, 5) is 88.8. The third-order valence-corrected chi connectivity index (χ3v) is 7.64. The second-order valence-corrected chi connectivity index (χ2v) is 11.5. The zero-order valence-corrected chi connectivity index (χ0v) is 28.8. The van der Waals surface area contributed by atoms with Crippen LogP contribution in [0.25, 0.3) is 11.2 Å². The molecule has 20 heteroatoms. The van der Waals surface area contributed by atoms with E-state index in [0.29, 0.717) is 22.8 Å². The molecule has 4 rings (SSSR count). The van der Waals surface area contributed by atoms with Gasteiger partial charge in [0.2, 0.25) is 11.9 Å². The number of carbonyl (C=O) groups excluding carboxylic acids is 4. The molecule has 54 heavy (non-hydrogen) atoms. The Hall–Kier alpha value is -6.60. The maximum absolute atomic E-state index is 13.6. The van der Waals surface area contributed by atoms with Crippen molar-refractivity contribution in [2.45, 2.75) is 64.5 Å². The molecule has 0 aliphatic rings. The van der Waals surface area contributed by atoms with Gasteiger partial charge in [0.1, 0.15) is 24.4 Å². The van der Waals surface area contributed by atoms with Gasteiger partial charge in [-0.3, -0.25) is 29.1 Å². The first-order valence-electron chi connectivity index (χ1n) is 16.3. The fourth-order valence-electron chi connectivity index (χ4n) is 4.91. The molecule has 0 aliphatic heterocycles. The molecule has 2 atom stereocenters. The van der Waals surface area contributed by atoms with Gasteiger partial charge in [-0.05, 0) is 61.7 Å². The number of hydrogen-bond donors (Lipinski definition) is 5. The number of carbonyl (C=O) groups is 5. The normalized spacial score (nSPS) is 12.3. The molecule has 0 aliphatic carbocycles. The Morgan fingerprint density at radius 2 is 1.67 bits per heavy atom. The molecule has 0 unspecified atom stereocenters. The summed E-state index contributed by atoms with van der Waals surface area (Å²) in [5.41, 5.74) is 4.12. The number of fused-ring (bicyclic) bond motifs is 1. The van der Waals surface area contributed by atoms with Crippen molar-refractivity contribution < 1.29 is 51.7 Å². The van der Waals surface area contributed by atoms with Crippen molar-refractivity contribution in [3.05, 3.63) is 81.9 Å². The lowest BCUT2D eigenvalue weighted by atomic mass is 10.1. The number of nitrogen functional groups attached to an aromatic ring is 1. The SMILES string of the molecule is CCOc1ccc(COC(=O)[C@@H](CC)NC(=O)CC[C@@H](NC(=O)c2ccc(N(Cc3cnc4nc(N)[nH]c(=O)c4n3)C(=O)C(F)(F)F)cc2)C(=O)O)cc1. The van der Waals surface area contributed by atoms with Crippen molar-refractivity contribution in [2.75, 3.05) is 17.2 Å². The highest BCUT2D eigenvalue weighted by Crippen LogP contribution is 2.26. The number of ether oxygens (including phenoxy) is 2. The first kappa shape index (κ1) is 40.2. The number of H-pyrrole nitrogens is 1. The van der Waals surface area contributed by atoms with Gasteiger partial charge in [-0.1, -0.05) is 19.1 Å². The number of anilines is 2. The number of carboxylic acid groups (broad SMARTS) is 1. The topological polar surface area (TPSA) is 249 Å². The molecule has 17 nitrogen and oxygen atoms in total. The number of halogens is 3. The molecular weight excluding hydrogens is 721 g/mol. The lowest BCUT2D eigenvalue weighted by molar-refractivity contribution is -0.170. The number of benzene rings is 2. The van der Waals surface area contributed by atoms with E-state index in [9.17, 15) is 47.0 Å². The van der Waals surface area contributed by atoms with E-state index in [-0.39, 0.29) is 53.5 Å². The van der Waals surface area contributed by atoms with Gasteiger partial charge in [-0.15, -0.1) is 0 Å². The van der Waals surface area contributed by atoms with Crippen LogP contribution in [0.15, 0.2) is 59.5 Å². The van der Waals surface area contributed by atoms with Gasteiger partial charge in [-0.25, -0.2) is 19.6 Å². The minimum atomic E-state index is -5.33. The molecule has 0 spiro atoms. The molecule has 0 saturated heterocycles. The summed E-state index contributed by atoms with van der Waals surface area (Å²) in [6.07, 6.45) is -4.92. The number of aromatic amines is 1. The van der Waals surface area contributed by atoms with Gasteiger partial charge < -0.3 is 30.9 Å². The Morgan fingerprint density at radius 1 is 0.981 bits per heavy atom. The highest BCUT2D eigenvalue weighted by Gasteiger charge is 2.43. The third-order valence-electron chi connectivity index (χ3n) is 7.64. The van der Waals surface area contributed by atoms with Crippen LogP contribution in [0.3, 0.4) is 0 Å². The summed E-state index contributed by atoms with van der Waals surface area (Å²) in [6.45, 7) is 3.13. The summed E-state index contributed by atoms with van der Waals surface area (Å²) >= 11 is 0. The predicted octanol–water partition coefficient (Wildman–Crippen LogP) is 2.39. The van der Waals surface area contributed by atoms with Crippen LogP contribution in [0.2, 0.25) is 0 Å². The van der Waals surface area contributed by atoms with Crippen molar-refractivity contribution in [3.8, 4) is 5.75 Å². The molecule has 2 aromatic carbocycles. The van der Waals surface area contributed by atoms with E-state index in [4.69, 9.17) is 15.2 Å². The molecule has 4 aromatic rings. The lowest BCUT2D eigenvalue weighted by Gasteiger charge is -2.24. The van der Waals surface area contributed by atoms with E-state index < -0.39 is 66.4 Å². The van der Waals surface area contributed by atoms with Gasteiger partial charge >= 0.3 is 24.0 Å². The molecule has 3 amide bonds. The fourth-order valence-corrected chi connectivity index (χ4v) is 4.91. The van der Waals surface area contributed by atoms with Gasteiger partial charge in [0.15, 0.2) is 11.2 Å². The average molecular weight is 757 g/mol. The number of aliphatic carboxylic acids is 1. The van der Waals surface area contributed by atoms with Crippen LogP contribution in [0.5, 0.6) is 5.75 Å². The smallest absolute Gasteiger partial charge is 0.471 e. The van der Waals surface area contributed by atoms with Crippen molar-refractivity contribution in [2.24, 2.45) is 0 Å². The zero-order chi connectivity index (χ0) is 39.6. The van der Waals surface area contributed by atoms with E-state index in [1.54, 1.807) is 31.2 Å². The molecule has 0 bridgehead atoms. The van der Waals surface area contributed by atoms with Gasteiger partial charge in [0.05, 0.1) is 25.0 Å². The standard InChI is InChI=1S/C34H35F3N8O9/c1-3-23(31(51)54-17-18-5-11-22(12-6-18)53-4-2)41-25(46)14-13-24(30(49)50)42-28(47)19-7-9-21(10-8-19)45(32(52)34(35,36)37)16-20-15-39-27-26(40-20)29(48)44-33(38)43-27/h5-12,15,23-24H,3-4,13-14,16-17H2,1-2H3,(H,41,46)(H,42,47)(H,49,50)(H3,38,39,43,44,48)/t23-,24-/m1/s1. The minimum Gasteiger partial charge on any atom is -0.494 e. The molecule has 286 valence electrons. The maximum atomic E-state index is 13.6. The fraction of sp³-hybridized carbons (Fsp3) is 0.324. The first-order valence-corrected chi connectivity index (χ1v) is 16.3. The second kappa shape index (κ2) is 17.8. The molecule has 2 heterocycles. The number of aromatic nitrogens is 4. The largest absolute Gasteiger partial charge is 0.494 e. The van der Waals surface area contributed by atoms with Crippen molar-refractivity contribution in [3.63, 3.8) is 0 Å². The zero-order valence-electron chi connectivity index (χ0n) is 28.8. The molecule has 6 N–H and O–H groups in total. The molecule has 0 fully saturated rings. The average Bonchev–Trinajstić information content (AvgIpc) is 3.13. The number of rotatable bonds is 16. The highest BCUT2D eigenvalue weighted by molar-refractivity contribution is 5.99. The van der Waals surface area contributed by atoms with Gasteiger partial charge in [-0.2, -0.15) is 18.2 Å². The van der Waals surface area contributed by atoms with Crippen LogP contribution in [-0.2, 0) is 37.1 Å². The summed E-state index contributed by atoms with van der Waals surface area (Å²) in [6, 6.07) is 8.45. The van der Waals surface area contributed by atoms with Crippen molar-refractivity contribution >= 4 is 52.5 Å². The monoisotopic (exact) mass is 756 g/mol. The van der Waals surface area contributed by atoms with E-state index in [1.165, 1.54) is 0 Å². The van der Waals surface area contributed by atoms with Crippen molar-refractivity contribution in [1.29, 1.82) is 0 Å². The second-order valence-electron chi connectivity index (χ2n) is 11.5. The Labute approximate surface area is 304 Å². The number of carboxylic acids is 1. The van der Waals surface area contributed by atoms with Gasteiger partial charge in [0.25, 0.3) is 11.5 Å². The Kier molecular flexibility index (Phi) is 13.2. The van der Waals surface area contributed by atoms with E-state index in [0.717, 1.165) is 30.5 Å². The maximum Gasteiger partial charge on any atom is 0.471 e. The number of nitrogens with zero attached hydrogens (tertiary/aromatic N) is 4. The van der Waals surface area contributed by atoms with Crippen LogP contribution >= 0.6 is 0 Å². The van der Waals surface area contributed by atoms with Crippen LogP contribution < -0.4 is 31.6 Å². The van der Waals surface area contributed by atoms with Crippen molar-refractivity contribution in [1.82, 2.24) is 30.6 Å². The number of nitrogens with one attached hydrogen (secondary N) is 3. The van der Waals surface area contributed by atoms with E-state index in [2.05, 4.69) is 30.6 Å². The molecular formula is C34H35F3N8O9. The highest BCUT2D eigenvalue weighted by atomic mass is 19.4. The predicted molar refractivity (Wildman–Crippen MR) is 184 cm³/mol. The minimum absolute atomic E-state index is 0.0576. The lowest BCUT2D eigenvalue weighted by Crippen LogP contribution is -2.44. The van der Waals surface area contributed by atoms with Crippen LogP contribution in [-0.4, -0.2) is 79.6 Å². The summed E-state index contributed by atoms with van der Waals surface area (Å²) in [5.74, 6) is -5.71. The molecule has 2 aromatic heterocycles. The van der Waals surface area contributed by atoms with Crippen LogP contribution in [0, 0.1) is 0 Å². The number of alkyl halides is 3. The number of amides is 3. The Balaban J connectivity index is 1.37. The number of nitrogens with two attached hydrogens (primary N) is 1. The Morgan fingerprint density at radius 3 is 2.28 bits per heavy atom. The van der Waals surface area contributed by atoms with Gasteiger partial charge in [0, 0.05) is 17.7 Å². The molecule has 0 saturated carbocycles. The number of esters is 1.